The Morgan fingerprint density at radius 1 is 1.38 bits per heavy atom. The lowest BCUT2D eigenvalue weighted by molar-refractivity contribution is 0.413. The number of nitrogens with two attached hydrogens (primary N) is 1. The van der Waals surface area contributed by atoms with E-state index >= 15 is 0 Å². The maximum Gasteiger partial charge on any atom is 0.144 e. The summed E-state index contributed by atoms with van der Waals surface area (Å²) < 4.78 is 5.39. The van der Waals surface area contributed by atoms with Crippen molar-refractivity contribution in [2.45, 2.75) is 33.2 Å². The summed E-state index contributed by atoms with van der Waals surface area (Å²) in [5, 5.41) is 3.37. The fraction of sp³-hybridized carbons (Fsp3) is 0.538. The number of anilines is 1. The molecular formula is C13H22N2O. The van der Waals surface area contributed by atoms with Gasteiger partial charge in [-0.1, -0.05) is 6.07 Å². The number of ether oxygens (including phenoxy) is 1. The van der Waals surface area contributed by atoms with E-state index in [0.29, 0.717) is 0 Å². The average molecular weight is 222 g/mol. The van der Waals surface area contributed by atoms with Crippen molar-refractivity contribution in [1.29, 1.82) is 0 Å². The largest absolute Gasteiger partial charge is 0.494 e. The Bertz CT molecular complexity index is 348. The van der Waals surface area contributed by atoms with Gasteiger partial charge in [0.25, 0.3) is 0 Å². The number of aryl methyl sites for hydroxylation is 2. The van der Waals surface area contributed by atoms with E-state index in [-0.39, 0.29) is 6.04 Å². The van der Waals surface area contributed by atoms with Gasteiger partial charge in [0.2, 0.25) is 0 Å². The second-order valence-corrected chi connectivity index (χ2v) is 4.36. The first-order valence-electron chi connectivity index (χ1n) is 5.69. The highest BCUT2D eigenvalue weighted by molar-refractivity contribution is 5.61. The standard InChI is InChI=1S/C13H22N2O/c1-9-7-10(2)13(16-4)12(8-9)15-6-5-11(3)14/h7-8,11,15H,5-6,14H2,1-4H3. The van der Waals surface area contributed by atoms with Crippen LogP contribution in [0.25, 0.3) is 0 Å². The second-order valence-electron chi connectivity index (χ2n) is 4.36. The molecule has 3 nitrogen and oxygen atoms in total. The van der Waals surface area contributed by atoms with E-state index in [1.165, 1.54) is 5.56 Å². The zero-order valence-electron chi connectivity index (χ0n) is 10.6. The van der Waals surface area contributed by atoms with Crippen LogP contribution in [0.5, 0.6) is 5.75 Å². The molecule has 0 bridgehead atoms. The van der Waals surface area contributed by atoms with Crippen LogP contribution >= 0.6 is 0 Å². The highest BCUT2D eigenvalue weighted by Crippen LogP contribution is 2.29. The molecule has 0 aliphatic heterocycles. The number of hydrogen-bond donors (Lipinski definition) is 2. The number of nitrogens with one attached hydrogen (secondary N) is 1. The quantitative estimate of drug-likeness (QED) is 0.804. The zero-order chi connectivity index (χ0) is 12.1. The van der Waals surface area contributed by atoms with Crippen LogP contribution in [0.1, 0.15) is 24.5 Å². The molecule has 90 valence electrons. The highest BCUT2D eigenvalue weighted by Gasteiger charge is 2.06. The van der Waals surface area contributed by atoms with Gasteiger partial charge in [-0.2, -0.15) is 0 Å². The fourth-order valence-electron chi connectivity index (χ4n) is 1.79. The first kappa shape index (κ1) is 12.8. The van der Waals surface area contributed by atoms with Crippen LogP contribution in [-0.2, 0) is 0 Å². The molecule has 16 heavy (non-hydrogen) atoms. The Balaban J connectivity index is 2.77. The maximum absolute atomic E-state index is 5.72. The molecule has 1 rings (SSSR count). The maximum atomic E-state index is 5.72. The van der Waals surface area contributed by atoms with Crippen LogP contribution in [0.3, 0.4) is 0 Å². The SMILES string of the molecule is COc1c(C)cc(C)cc1NCCC(C)N. The molecule has 0 heterocycles. The van der Waals surface area contributed by atoms with E-state index in [2.05, 4.69) is 31.3 Å². The first-order valence-corrected chi connectivity index (χ1v) is 5.69. The molecule has 0 saturated heterocycles. The van der Waals surface area contributed by atoms with E-state index in [9.17, 15) is 0 Å². The molecule has 0 aliphatic rings. The van der Waals surface area contributed by atoms with E-state index in [4.69, 9.17) is 10.5 Å². The molecule has 1 aromatic carbocycles. The minimum absolute atomic E-state index is 0.226. The van der Waals surface area contributed by atoms with Gasteiger partial charge in [-0.25, -0.2) is 0 Å². The van der Waals surface area contributed by atoms with Crippen LogP contribution in [0, 0.1) is 13.8 Å². The zero-order valence-corrected chi connectivity index (χ0v) is 10.6. The molecule has 1 unspecified atom stereocenters. The minimum Gasteiger partial charge on any atom is -0.494 e. The van der Waals surface area contributed by atoms with Crippen molar-refractivity contribution < 1.29 is 4.74 Å². The summed E-state index contributed by atoms with van der Waals surface area (Å²) in [6.07, 6.45) is 0.955. The monoisotopic (exact) mass is 222 g/mol. The van der Waals surface area contributed by atoms with Crippen LogP contribution in [0.15, 0.2) is 12.1 Å². The Hall–Kier alpha value is -1.22. The molecule has 3 N–H and O–H groups in total. The summed E-state index contributed by atoms with van der Waals surface area (Å²) in [6.45, 7) is 7.03. The lowest BCUT2D eigenvalue weighted by Crippen LogP contribution is -2.19. The Morgan fingerprint density at radius 2 is 2.06 bits per heavy atom. The molecule has 0 spiro atoms. The molecular weight excluding hydrogens is 200 g/mol. The molecule has 0 radical (unpaired) electrons. The lowest BCUT2D eigenvalue weighted by Gasteiger charge is -2.15. The Morgan fingerprint density at radius 3 is 2.62 bits per heavy atom. The van der Waals surface area contributed by atoms with Crippen molar-refractivity contribution in [1.82, 2.24) is 0 Å². The number of methoxy groups -OCH3 is 1. The highest BCUT2D eigenvalue weighted by atomic mass is 16.5. The molecule has 0 fully saturated rings. The summed E-state index contributed by atoms with van der Waals surface area (Å²) >= 11 is 0. The van der Waals surface area contributed by atoms with E-state index in [0.717, 1.165) is 30.0 Å². The molecule has 1 atom stereocenters. The molecule has 0 saturated carbocycles. The summed E-state index contributed by atoms with van der Waals surface area (Å²) in [6, 6.07) is 4.45. The molecule has 3 heteroatoms. The average Bonchev–Trinajstić information content (AvgIpc) is 2.16. The van der Waals surface area contributed by atoms with Crippen LogP contribution in [0.2, 0.25) is 0 Å². The van der Waals surface area contributed by atoms with E-state index in [1.54, 1.807) is 7.11 Å². The number of benzene rings is 1. The summed E-state index contributed by atoms with van der Waals surface area (Å²) in [5.41, 5.74) is 9.17. The molecule has 0 amide bonds. The van der Waals surface area contributed by atoms with Crippen molar-refractivity contribution in [3.63, 3.8) is 0 Å². The molecule has 0 aromatic heterocycles. The topological polar surface area (TPSA) is 47.3 Å². The van der Waals surface area contributed by atoms with Gasteiger partial charge in [-0.05, 0) is 44.4 Å². The number of rotatable bonds is 5. The van der Waals surface area contributed by atoms with Crippen LogP contribution < -0.4 is 15.8 Å². The fourth-order valence-corrected chi connectivity index (χ4v) is 1.79. The third kappa shape index (κ3) is 3.42. The summed E-state index contributed by atoms with van der Waals surface area (Å²) in [4.78, 5) is 0. The Labute approximate surface area is 98.0 Å². The smallest absolute Gasteiger partial charge is 0.144 e. The first-order chi connectivity index (χ1) is 7.54. The van der Waals surface area contributed by atoms with Gasteiger partial charge < -0.3 is 15.8 Å². The van der Waals surface area contributed by atoms with Crippen molar-refractivity contribution in [2.24, 2.45) is 5.73 Å². The molecule has 1 aromatic rings. The summed E-state index contributed by atoms with van der Waals surface area (Å²) in [7, 11) is 1.70. The summed E-state index contributed by atoms with van der Waals surface area (Å²) in [5.74, 6) is 0.926. The third-order valence-electron chi connectivity index (χ3n) is 2.54. The van der Waals surface area contributed by atoms with E-state index < -0.39 is 0 Å². The van der Waals surface area contributed by atoms with E-state index in [1.807, 2.05) is 6.92 Å². The van der Waals surface area contributed by atoms with Gasteiger partial charge in [-0.15, -0.1) is 0 Å². The van der Waals surface area contributed by atoms with Gasteiger partial charge in [0.05, 0.1) is 12.8 Å². The van der Waals surface area contributed by atoms with Gasteiger partial charge in [0.1, 0.15) is 5.75 Å². The van der Waals surface area contributed by atoms with Crippen LogP contribution in [-0.4, -0.2) is 19.7 Å². The second kappa shape index (κ2) is 5.75. The normalized spacial score (nSPS) is 12.3. The molecule has 0 aliphatic carbocycles. The van der Waals surface area contributed by atoms with Crippen LogP contribution in [0.4, 0.5) is 5.69 Å². The van der Waals surface area contributed by atoms with Gasteiger partial charge >= 0.3 is 0 Å². The van der Waals surface area contributed by atoms with Gasteiger partial charge in [0.15, 0.2) is 0 Å². The third-order valence-corrected chi connectivity index (χ3v) is 2.54. The predicted molar refractivity (Wildman–Crippen MR) is 69.2 cm³/mol. The Kier molecular flexibility index (Phi) is 4.62. The minimum atomic E-state index is 0.226. The lowest BCUT2D eigenvalue weighted by atomic mass is 10.1. The van der Waals surface area contributed by atoms with Crippen molar-refractivity contribution in [3.8, 4) is 5.75 Å². The van der Waals surface area contributed by atoms with Crippen molar-refractivity contribution in [3.05, 3.63) is 23.3 Å². The van der Waals surface area contributed by atoms with Crippen molar-refractivity contribution >= 4 is 5.69 Å². The predicted octanol–water partition coefficient (Wildman–Crippen LogP) is 2.46. The van der Waals surface area contributed by atoms with Gasteiger partial charge in [0, 0.05) is 12.6 Å². The van der Waals surface area contributed by atoms with Gasteiger partial charge in [-0.3, -0.25) is 0 Å². The number of hydrogen-bond acceptors (Lipinski definition) is 3. The van der Waals surface area contributed by atoms with Crippen molar-refractivity contribution in [2.75, 3.05) is 19.0 Å².